The summed E-state index contributed by atoms with van der Waals surface area (Å²) in [5.74, 6) is 0.0539. The summed E-state index contributed by atoms with van der Waals surface area (Å²) in [6.45, 7) is 5.21. The summed E-state index contributed by atoms with van der Waals surface area (Å²) in [5.41, 5.74) is -0.356. The SMILES string of the molecule is Cc1nn(C2CCN(C)CC2)nc1Nc1ncc(C(F)(F)F)c(NCCCN2CCCCOC2=O)n1. The second-order valence-corrected chi connectivity index (χ2v) is 9.16. The van der Waals surface area contributed by atoms with Crippen molar-refractivity contribution in [3.8, 4) is 0 Å². The van der Waals surface area contributed by atoms with Crippen LogP contribution in [0.5, 0.6) is 0 Å². The molecule has 0 radical (unpaired) electrons. The summed E-state index contributed by atoms with van der Waals surface area (Å²) in [5, 5.41) is 14.7. The van der Waals surface area contributed by atoms with Crippen LogP contribution in [0.25, 0.3) is 0 Å². The first-order valence-corrected chi connectivity index (χ1v) is 12.2. The highest BCUT2D eigenvalue weighted by Gasteiger charge is 2.35. The Morgan fingerprint density at radius 3 is 2.67 bits per heavy atom. The van der Waals surface area contributed by atoms with Crippen molar-refractivity contribution < 1.29 is 22.7 Å². The number of carbonyl (C=O) groups excluding carboxylic acids is 1. The van der Waals surface area contributed by atoms with Gasteiger partial charge in [-0.05, 0) is 59.2 Å². The van der Waals surface area contributed by atoms with Crippen molar-refractivity contribution in [3.63, 3.8) is 0 Å². The van der Waals surface area contributed by atoms with Crippen LogP contribution >= 0.6 is 0 Å². The lowest BCUT2D eigenvalue weighted by Crippen LogP contribution is -2.32. The maximum absolute atomic E-state index is 13.6. The Kier molecular flexibility index (Phi) is 8.11. The van der Waals surface area contributed by atoms with Crippen molar-refractivity contribution in [2.45, 2.75) is 51.2 Å². The standard InChI is InChI=1S/C22H32F3N9O2/c1-15-18(31-34(30-15)16-6-11-32(2)12-7-16)28-20-27-14-17(22(23,24)25)19(29-20)26-8-5-10-33-9-3-4-13-36-21(33)35/h14,16H,3-13H2,1-2H3,(H2,26,27,28,29,31). The lowest BCUT2D eigenvalue weighted by molar-refractivity contribution is -0.137. The molecular weight excluding hydrogens is 479 g/mol. The van der Waals surface area contributed by atoms with Gasteiger partial charge in [-0.2, -0.15) is 28.1 Å². The zero-order valence-corrected chi connectivity index (χ0v) is 20.5. The van der Waals surface area contributed by atoms with E-state index in [1.54, 1.807) is 16.6 Å². The molecule has 36 heavy (non-hydrogen) atoms. The van der Waals surface area contributed by atoms with Crippen LogP contribution in [0.4, 0.5) is 35.5 Å². The molecule has 2 aliphatic rings. The normalized spacial score (nSPS) is 18.1. The maximum atomic E-state index is 13.6. The van der Waals surface area contributed by atoms with E-state index in [1.807, 2.05) is 0 Å². The number of anilines is 3. The number of hydrogen-bond donors (Lipinski definition) is 2. The number of aromatic nitrogens is 5. The van der Waals surface area contributed by atoms with E-state index in [2.05, 4.69) is 42.7 Å². The average molecular weight is 512 g/mol. The molecule has 0 aromatic carbocycles. The van der Waals surface area contributed by atoms with Crippen LogP contribution in [0.15, 0.2) is 6.20 Å². The molecule has 2 aromatic rings. The van der Waals surface area contributed by atoms with E-state index >= 15 is 0 Å². The van der Waals surface area contributed by atoms with Crippen molar-refractivity contribution >= 4 is 23.7 Å². The van der Waals surface area contributed by atoms with Crippen LogP contribution in [0.2, 0.25) is 0 Å². The van der Waals surface area contributed by atoms with E-state index in [4.69, 9.17) is 4.74 Å². The predicted octanol–water partition coefficient (Wildman–Crippen LogP) is 3.44. The number of cyclic esters (lactones) is 1. The van der Waals surface area contributed by atoms with E-state index in [0.29, 0.717) is 37.6 Å². The van der Waals surface area contributed by atoms with Gasteiger partial charge in [0.1, 0.15) is 17.1 Å². The largest absolute Gasteiger partial charge is 0.449 e. The van der Waals surface area contributed by atoms with Gasteiger partial charge < -0.3 is 25.2 Å². The first-order chi connectivity index (χ1) is 17.2. The van der Waals surface area contributed by atoms with Crippen molar-refractivity contribution in [2.24, 2.45) is 0 Å². The Bertz CT molecular complexity index is 1040. The third-order valence-electron chi connectivity index (χ3n) is 6.34. The van der Waals surface area contributed by atoms with E-state index in [9.17, 15) is 18.0 Å². The first kappa shape index (κ1) is 25.9. The van der Waals surface area contributed by atoms with Gasteiger partial charge in [-0.1, -0.05) is 0 Å². The smallest absolute Gasteiger partial charge is 0.421 e. The number of carbonyl (C=O) groups is 1. The van der Waals surface area contributed by atoms with E-state index in [-0.39, 0.29) is 30.4 Å². The lowest BCUT2D eigenvalue weighted by Gasteiger charge is -2.28. The molecule has 4 rings (SSSR count). The minimum atomic E-state index is -4.62. The molecule has 2 fully saturated rings. The zero-order valence-electron chi connectivity index (χ0n) is 20.5. The molecule has 198 valence electrons. The van der Waals surface area contributed by atoms with Gasteiger partial charge in [-0.3, -0.25) is 0 Å². The van der Waals surface area contributed by atoms with Gasteiger partial charge in [0.15, 0.2) is 5.82 Å². The number of hydrogen-bond acceptors (Lipinski definition) is 9. The molecule has 2 aromatic heterocycles. The highest BCUT2D eigenvalue weighted by Crippen LogP contribution is 2.34. The zero-order chi connectivity index (χ0) is 25.7. The van der Waals surface area contributed by atoms with Crippen LogP contribution in [0, 0.1) is 6.92 Å². The Morgan fingerprint density at radius 1 is 1.14 bits per heavy atom. The molecule has 0 spiro atoms. The highest BCUT2D eigenvalue weighted by molar-refractivity contribution is 5.67. The summed E-state index contributed by atoms with van der Waals surface area (Å²) < 4.78 is 45.8. The summed E-state index contributed by atoms with van der Waals surface area (Å²) in [4.78, 5) is 25.3. The van der Waals surface area contributed by atoms with Crippen molar-refractivity contribution in [2.75, 3.05) is 57.0 Å². The monoisotopic (exact) mass is 511 g/mol. The lowest BCUT2D eigenvalue weighted by atomic mass is 10.1. The number of likely N-dealkylation sites (tertiary alicyclic amines) is 1. The number of rotatable bonds is 8. The Balaban J connectivity index is 1.41. The molecule has 2 saturated heterocycles. The summed E-state index contributed by atoms with van der Waals surface area (Å²) in [6.07, 6.45) is -0.349. The summed E-state index contributed by atoms with van der Waals surface area (Å²) in [7, 11) is 2.07. The van der Waals surface area contributed by atoms with Gasteiger partial charge in [-0.15, -0.1) is 5.10 Å². The van der Waals surface area contributed by atoms with Crippen molar-refractivity contribution in [3.05, 3.63) is 17.5 Å². The molecule has 0 bridgehead atoms. The maximum Gasteiger partial charge on any atom is 0.421 e. The molecule has 2 aliphatic heterocycles. The third kappa shape index (κ3) is 6.53. The van der Waals surface area contributed by atoms with Gasteiger partial charge in [0.25, 0.3) is 0 Å². The van der Waals surface area contributed by atoms with Gasteiger partial charge in [0.05, 0.1) is 12.6 Å². The van der Waals surface area contributed by atoms with Crippen LogP contribution in [-0.2, 0) is 10.9 Å². The molecule has 0 atom stereocenters. The van der Waals surface area contributed by atoms with Crippen LogP contribution in [-0.4, -0.2) is 87.2 Å². The molecule has 1 amide bonds. The molecular formula is C22H32F3N9O2. The van der Waals surface area contributed by atoms with Crippen molar-refractivity contribution in [1.82, 2.24) is 34.8 Å². The topological polar surface area (TPSA) is 113 Å². The molecule has 4 heterocycles. The Hall–Kier alpha value is -3.16. The Labute approximate surface area is 207 Å². The number of alkyl halides is 3. The van der Waals surface area contributed by atoms with Crippen LogP contribution in [0.1, 0.15) is 49.4 Å². The molecule has 0 saturated carbocycles. The van der Waals surface area contributed by atoms with Gasteiger partial charge in [-0.25, -0.2) is 9.78 Å². The van der Waals surface area contributed by atoms with Gasteiger partial charge in [0.2, 0.25) is 5.95 Å². The van der Waals surface area contributed by atoms with E-state index in [0.717, 1.165) is 45.0 Å². The number of amides is 1. The number of ether oxygens (including phenoxy) is 1. The fourth-order valence-electron chi connectivity index (χ4n) is 4.22. The quantitative estimate of drug-likeness (QED) is 0.515. The summed E-state index contributed by atoms with van der Waals surface area (Å²) >= 11 is 0. The molecule has 0 unspecified atom stereocenters. The minimum absolute atomic E-state index is 0.0138. The fourth-order valence-corrected chi connectivity index (χ4v) is 4.22. The van der Waals surface area contributed by atoms with Crippen LogP contribution < -0.4 is 10.6 Å². The number of aryl methyl sites for hydroxylation is 1. The number of nitrogens with zero attached hydrogens (tertiary/aromatic N) is 7. The third-order valence-corrected chi connectivity index (χ3v) is 6.34. The van der Waals surface area contributed by atoms with Crippen molar-refractivity contribution in [1.29, 1.82) is 0 Å². The van der Waals surface area contributed by atoms with Gasteiger partial charge in [0, 0.05) is 25.8 Å². The average Bonchev–Trinajstić information content (AvgIpc) is 3.06. The summed E-state index contributed by atoms with van der Waals surface area (Å²) in [6, 6.07) is 0.169. The number of piperidine rings is 1. The first-order valence-electron chi connectivity index (χ1n) is 12.2. The predicted molar refractivity (Wildman–Crippen MR) is 126 cm³/mol. The number of nitrogens with one attached hydrogen (secondary N) is 2. The second kappa shape index (κ2) is 11.3. The fraction of sp³-hybridized carbons (Fsp3) is 0.682. The Morgan fingerprint density at radius 2 is 1.92 bits per heavy atom. The molecule has 2 N–H and O–H groups in total. The highest BCUT2D eigenvalue weighted by atomic mass is 19.4. The van der Waals surface area contributed by atoms with Gasteiger partial charge >= 0.3 is 12.3 Å². The van der Waals surface area contributed by atoms with Crippen LogP contribution in [0.3, 0.4) is 0 Å². The molecule has 11 nitrogen and oxygen atoms in total. The molecule has 0 aliphatic carbocycles. The number of halogens is 3. The minimum Gasteiger partial charge on any atom is -0.449 e. The van der Waals surface area contributed by atoms with E-state index < -0.39 is 11.7 Å². The molecule has 14 heteroatoms. The van der Waals surface area contributed by atoms with E-state index in [1.165, 1.54) is 0 Å². The second-order valence-electron chi connectivity index (χ2n) is 9.16.